The molecule has 0 radical (unpaired) electrons. The summed E-state index contributed by atoms with van der Waals surface area (Å²) in [5.41, 5.74) is 0. The van der Waals surface area contributed by atoms with E-state index in [-0.39, 0.29) is 0 Å². The quantitative estimate of drug-likeness (QED) is 0.833. The molecule has 0 unspecified atom stereocenters. The van der Waals surface area contributed by atoms with Gasteiger partial charge in [0.05, 0.1) is 0 Å². The van der Waals surface area contributed by atoms with Crippen LogP contribution >= 0.6 is 0 Å². The number of nitrogens with zero attached hydrogens (tertiary/aromatic N) is 4. The van der Waals surface area contributed by atoms with E-state index in [4.69, 9.17) is 0 Å². The van der Waals surface area contributed by atoms with E-state index in [0.717, 1.165) is 11.8 Å². The van der Waals surface area contributed by atoms with Gasteiger partial charge in [0.1, 0.15) is 0 Å². The molecule has 2 heterocycles. The molecule has 5 heteroatoms. The van der Waals surface area contributed by atoms with E-state index >= 15 is 0 Å². The van der Waals surface area contributed by atoms with Gasteiger partial charge in [-0.1, -0.05) is 0 Å². The average Bonchev–Trinajstić information content (AvgIpc) is 2.75. The fourth-order valence-corrected chi connectivity index (χ4v) is 1.42. The third kappa shape index (κ3) is 2.01. The van der Waals surface area contributed by atoms with Crippen molar-refractivity contribution < 1.29 is 0 Å². The highest BCUT2D eigenvalue weighted by molar-refractivity contribution is 5.47. The zero-order chi connectivity index (χ0) is 10.8. The van der Waals surface area contributed by atoms with Crippen molar-refractivity contribution in [1.82, 2.24) is 19.3 Å². The molecule has 80 valence electrons. The molecule has 0 aromatic carbocycles. The topological polar surface area (TPSA) is 47.7 Å². The summed E-state index contributed by atoms with van der Waals surface area (Å²) < 4.78 is 3.82. The number of hydrogen-bond acceptors (Lipinski definition) is 3. The van der Waals surface area contributed by atoms with Crippen molar-refractivity contribution in [3.63, 3.8) is 0 Å². The molecule has 0 bridgehead atoms. The Balaban J connectivity index is 2.20. The minimum absolute atomic E-state index is 0.388. The second kappa shape index (κ2) is 3.76. The molecule has 1 N–H and O–H groups in total. The van der Waals surface area contributed by atoms with Crippen LogP contribution in [0.15, 0.2) is 24.7 Å². The number of aromatic nitrogens is 4. The third-order valence-corrected chi connectivity index (χ3v) is 2.18. The molecule has 2 aromatic heterocycles. The molecule has 0 amide bonds. The molecule has 0 aliphatic heterocycles. The molecule has 5 nitrogen and oxygen atoms in total. The van der Waals surface area contributed by atoms with E-state index < -0.39 is 0 Å². The van der Waals surface area contributed by atoms with E-state index in [0.29, 0.717) is 6.04 Å². The average molecular weight is 205 g/mol. The summed E-state index contributed by atoms with van der Waals surface area (Å²) in [4.78, 5) is 4.24. The molecule has 2 rings (SSSR count). The van der Waals surface area contributed by atoms with Gasteiger partial charge in [-0.2, -0.15) is 5.10 Å². The van der Waals surface area contributed by atoms with Crippen LogP contribution in [-0.4, -0.2) is 19.3 Å². The summed E-state index contributed by atoms with van der Waals surface area (Å²) in [5, 5.41) is 7.41. The van der Waals surface area contributed by atoms with Crippen LogP contribution in [0.2, 0.25) is 0 Å². The van der Waals surface area contributed by atoms with Crippen LogP contribution < -0.4 is 5.32 Å². The van der Waals surface area contributed by atoms with Crippen molar-refractivity contribution in [3.05, 3.63) is 24.7 Å². The summed E-state index contributed by atoms with van der Waals surface area (Å²) >= 11 is 0. The standard InChI is InChI=1S/C10H15N5/c1-8(2)15-7-5-11-10(15)12-9-4-6-14(3)13-9/h4-8H,1-3H3,(H,11,12,13). The zero-order valence-electron chi connectivity index (χ0n) is 9.18. The lowest BCUT2D eigenvalue weighted by atomic mass is 10.4. The first kappa shape index (κ1) is 9.76. The molecular formula is C10H15N5. The van der Waals surface area contributed by atoms with Gasteiger partial charge in [0.2, 0.25) is 5.95 Å². The lowest BCUT2D eigenvalue weighted by molar-refractivity contribution is 0.607. The van der Waals surface area contributed by atoms with Crippen molar-refractivity contribution in [3.8, 4) is 0 Å². The van der Waals surface area contributed by atoms with Gasteiger partial charge in [-0.15, -0.1) is 0 Å². The molecule has 0 fully saturated rings. The van der Waals surface area contributed by atoms with Gasteiger partial charge < -0.3 is 9.88 Å². The van der Waals surface area contributed by atoms with E-state index in [2.05, 4.69) is 33.8 Å². The maximum Gasteiger partial charge on any atom is 0.208 e. The summed E-state index contributed by atoms with van der Waals surface area (Å²) in [7, 11) is 1.89. The number of hydrogen-bond donors (Lipinski definition) is 1. The predicted molar refractivity (Wildman–Crippen MR) is 59.1 cm³/mol. The molecule has 0 saturated heterocycles. The van der Waals surface area contributed by atoms with Crippen molar-refractivity contribution in [2.45, 2.75) is 19.9 Å². The van der Waals surface area contributed by atoms with Gasteiger partial charge in [0, 0.05) is 37.7 Å². The van der Waals surface area contributed by atoms with Crippen LogP contribution in [0.5, 0.6) is 0 Å². The Morgan fingerprint density at radius 3 is 2.73 bits per heavy atom. The first-order chi connectivity index (χ1) is 7.16. The second-order valence-electron chi connectivity index (χ2n) is 3.75. The van der Waals surface area contributed by atoms with E-state index in [9.17, 15) is 0 Å². The highest BCUT2D eigenvalue weighted by atomic mass is 15.3. The molecule has 0 spiro atoms. The van der Waals surface area contributed by atoms with Crippen molar-refractivity contribution >= 4 is 11.8 Å². The molecule has 15 heavy (non-hydrogen) atoms. The van der Waals surface area contributed by atoms with Gasteiger partial charge in [-0.3, -0.25) is 4.68 Å². The first-order valence-corrected chi connectivity index (χ1v) is 4.96. The van der Waals surface area contributed by atoms with E-state index in [1.165, 1.54) is 0 Å². The summed E-state index contributed by atoms with van der Waals surface area (Å²) in [6.45, 7) is 4.23. The van der Waals surface area contributed by atoms with Crippen LogP contribution in [-0.2, 0) is 7.05 Å². The Labute approximate surface area is 88.7 Å². The van der Waals surface area contributed by atoms with Crippen LogP contribution in [0, 0.1) is 0 Å². The monoisotopic (exact) mass is 205 g/mol. The van der Waals surface area contributed by atoms with Crippen LogP contribution in [0.4, 0.5) is 11.8 Å². The number of rotatable bonds is 3. The Morgan fingerprint density at radius 1 is 1.33 bits per heavy atom. The maximum absolute atomic E-state index is 4.24. The number of aryl methyl sites for hydroxylation is 1. The van der Waals surface area contributed by atoms with Crippen LogP contribution in [0.3, 0.4) is 0 Å². The van der Waals surface area contributed by atoms with E-state index in [1.807, 2.05) is 25.5 Å². The van der Waals surface area contributed by atoms with Gasteiger partial charge >= 0.3 is 0 Å². The summed E-state index contributed by atoms with van der Waals surface area (Å²) in [5.74, 6) is 1.63. The zero-order valence-corrected chi connectivity index (χ0v) is 9.18. The van der Waals surface area contributed by atoms with Crippen molar-refractivity contribution in [2.24, 2.45) is 7.05 Å². The molecule has 0 aliphatic carbocycles. The molecular weight excluding hydrogens is 190 g/mol. The van der Waals surface area contributed by atoms with Crippen molar-refractivity contribution in [2.75, 3.05) is 5.32 Å². The van der Waals surface area contributed by atoms with Crippen LogP contribution in [0.25, 0.3) is 0 Å². The van der Waals surface area contributed by atoms with E-state index in [1.54, 1.807) is 10.9 Å². The lowest BCUT2D eigenvalue weighted by Crippen LogP contribution is -2.05. The Hall–Kier alpha value is -1.78. The summed E-state index contributed by atoms with van der Waals surface area (Å²) in [6, 6.07) is 2.30. The SMILES string of the molecule is CC(C)n1ccnc1Nc1ccn(C)n1. The number of imidazole rings is 1. The molecule has 2 aromatic rings. The molecule has 0 atom stereocenters. The highest BCUT2D eigenvalue weighted by Gasteiger charge is 2.06. The van der Waals surface area contributed by atoms with Crippen molar-refractivity contribution in [1.29, 1.82) is 0 Å². The Morgan fingerprint density at radius 2 is 2.13 bits per heavy atom. The maximum atomic E-state index is 4.24. The van der Waals surface area contributed by atoms with Crippen LogP contribution in [0.1, 0.15) is 19.9 Å². The smallest absolute Gasteiger partial charge is 0.208 e. The molecule has 0 aliphatic rings. The fraction of sp³-hybridized carbons (Fsp3) is 0.400. The fourth-order valence-electron chi connectivity index (χ4n) is 1.42. The van der Waals surface area contributed by atoms with Gasteiger partial charge in [0.15, 0.2) is 5.82 Å². The Kier molecular flexibility index (Phi) is 2.45. The highest BCUT2D eigenvalue weighted by Crippen LogP contribution is 2.16. The summed E-state index contributed by atoms with van der Waals surface area (Å²) in [6.07, 6.45) is 5.63. The largest absolute Gasteiger partial charge is 0.315 e. The number of nitrogens with one attached hydrogen (secondary N) is 1. The van der Waals surface area contributed by atoms with Gasteiger partial charge in [0.25, 0.3) is 0 Å². The van der Waals surface area contributed by atoms with Gasteiger partial charge in [-0.25, -0.2) is 4.98 Å². The van der Waals surface area contributed by atoms with Gasteiger partial charge in [-0.05, 0) is 13.8 Å². The molecule has 0 saturated carbocycles. The lowest BCUT2D eigenvalue weighted by Gasteiger charge is -2.11. The third-order valence-electron chi connectivity index (χ3n) is 2.18. The Bertz CT molecular complexity index is 440. The normalized spacial score (nSPS) is 10.9. The second-order valence-corrected chi connectivity index (χ2v) is 3.75. The first-order valence-electron chi connectivity index (χ1n) is 4.96. The predicted octanol–water partition coefficient (Wildman–Crippen LogP) is 1.94. The minimum atomic E-state index is 0.388. The minimum Gasteiger partial charge on any atom is -0.315 e. The number of anilines is 2.